The highest BCUT2D eigenvalue weighted by molar-refractivity contribution is 7.13. The van der Waals surface area contributed by atoms with Crippen molar-refractivity contribution in [2.75, 3.05) is 6.54 Å². The molecule has 1 aliphatic heterocycles. The molecule has 2 amide bonds. The largest absolute Gasteiger partial charge is 0.465 e. The van der Waals surface area contributed by atoms with E-state index in [0.717, 1.165) is 26.6 Å². The maximum atomic E-state index is 13.1. The third-order valence-electron chi connectivity index (χ3n) is 5.38. The van der Waals surface area contributed by atoms with Crippen LogP contribution in [0.25, 0.3) is 10.4 Å². The molecule has 8 heteroatoms. The van der Waals surface area contributed by atoms with Crippen molar-refractivity contribution in [1.29, 1.82) is 0 Å². The maximum Gasteiger partial charge on any atom is 0.408 e. The van der Waals surface area contributed by atoms with Crippen molar-refractivity contribution in [2.45, 2.75) is 44.4 Å². The standard InChI is InChI=1S/C21H25N3O4S/c1-4-9-21(10-17(25)11-24(21)20(27)28)19(26)23-13(2)15-5-7-16(8-6-15)18-14(3)22-12-29-18/h4-8,12-13,17,25H,1,9-11H2,2-3H3,(H,23,26)(H,27,28)/t13-,17+,21-/m0/s1. The molecule has 2 heterocycles. The van der Waals surface area contributed by atoms with E-state index in [1.807, 2.05) is 43.6 Å². The van der Waals surface area contributed by atoms with E-state index < -0.39 is 23.6 Å². The van der Waals surface area contributed by atoms with Gasteiger partial charge in [-0.05, 0) is 31.4 Å². The molecule has 0 bridgehead atoms. The summed E-state index contributed by atoms with van der Waals surface area (Å²) >= 11 is 1.58. The SMILES string of the molecule is C=CC[C@@]1(C(=O)N[C@@H](C)c2ccc(-c3scnc3C)cc2)C[C@@H](O)CN1C(=O)O. The molecular weight excluding hydrogens is 390 g/mol. The smallest absolute Gasteiger partial charge is 0.408 e. The normalized spacial score (nSPS) is 22.3. The van der Waals surface area contributed by atoms with Crippen LogP contribution in [0, 0.1) is 6.92 Å². The average molecular weight is 416 g/mol. The van der Waals surface area contributed by atoms with Crippen LogP contribution in [0.15, 0.2) is 42.4 Å². The molecule has 0 unspecified atom stereocenters. The Bertz CT molecular complexity index is 911. The number of amides is 2. The second-order valence-corrected chi connectivity index (χ2v) is 8.21. The molecular formula is C21H25N3O4S. The number of carbonyl (C=O) groups is 2. The van der Waals surface area contributed by atoms with Crippen LogP contribution in [-0.4, -0.2) is 50.3 Å². The second-order valence-electron chi connectivity index (χ2n) is 7.36. The summed E-state index contributed by atoms with van der Waals surface area (Å²) in [5, 5.41) is 22.5. The minimum Gasteiger partial charge on any atom is -0.465 e. The molecule has 1 aromatic heterocycles. The van der Waals surface area contributed by atoms with Crippen LogP contribution in [0.4, 0.5) is 4.79 Å². The summed E-state index contributed by atoms with van der Waals surface area (Å²) in [5.41, 5.74) is 3.40. The van der Waals surface area contributed by atoms with Gasteiger partial charge in [0.1, 0.15) is 5.54 Å². The van der Waals surface area contributed by atoms with E-state index in [1.54, 1.807) is 11.3 Å². The predicted molar refractivity (Wildman–Crippen MR) is 112 cm³/mol. The van der Waals surface area contributed by atoms with Gasteiger partial charge in [-0.15, -0.1) is 17.9 Å². The van der Waals surface area contributed by atoms with E-state index >= 15 is 0 Å². The first-order valence-electron chi connectivity index (χ1n) is 9.39. The topological polar surface area (TPSA) is 103 Å². The first-order chi connectivity index (χ1) is 13.8. The van der Waals surface area contributed by atoms with Gasteiger partial charge in [0.05, 0.1) is 34.8 Å². The maximum absolute atomic E-state index is 13.1. The fourth-order valence-corrected chi connectivity index (χ4v) is 4.68. The van der Waals surface area contributed by atoms with E-state index in [9.17, 15) is 19.8 Å². The van der Waals surface area contributed by atoms with Crippen molar-refractivity contribution >= 4 is 23.3 Å². The summed E-state index contributed by atoms with van der Waals surface area (Å²) in [6.07, 6.45) is -0.402. The van der Waals surface area contributed by atoms with E-state index in [2.05, 4.69) is 16.9 Å². The van der Waals surface area contributed by atoms with E-state index in [-0.39, 0.29) is 25.4 Å². The number of aryl methyl sites for hydroxylation is 1. The molecule has 3 N–H and O–H groups in total. The number of benzene rings is 1. The number of aliphatic hydroxyl groups excluding tert-OH is 1. The van der Waals surface area contributed by atoms with Crippen molar-refractivity contribution in [2.24, 2.45) is 0 Å². The Morgan fingerprint density at radius 1 is 1.45 bits per heavy atom. The zero-order valence-corrected chi connectivity index (χ0v) is 17.3. The highest BCUT2D eigenvalue weighted by Crippen LogP contribution is 2.35. The molecule has 0 saturated carbocycles. The molecule has 1 aliphatic rings. The number of hydrogen-bond donors (Lipinski definition) is 3. The van der Waals surface area contributed by atoms with Gasteiger partial charge in [0, 0.05) is 6.42 Å². The number of likely N-dealkylation sites (tertiary alicyclic amines) is 1. The van der Waals surface area contributed by atoms with Crippen molar-refractivity contribution in [3.8, 4) is 10.4 Å². The van der Waals surface area contributed by atoms with Crippen molar-refractivity contribution in [1.82, 2.24) is 15.2 Å². The van der Waals surface area contributed by atoms with Gasteiger partial charge in [-0.25, -0.2) is 9.78 Å². The van der Waals surface area contributed by atoms with Crippen LogP contribution in [0.3, 0.4) is 0 Å². The fourth-order valence-electron chi connectivity index (χ4n) is 3.87. The van der Waals surface area contributed by atoms with Crippen LogP contribution >= 0.6 is 11.3 Å². The number of nitrogens with zero attached hydrogens (tertiary/aromatic N) is 2. The van der Waals surface area contributed by atoms with Gasteiger partial charge in [0.15, 0.2) is 0 Å². The number of β-amino-alcohol motifs (C(OH)–C–C–N with tert-alkyl or cyclic N) is 1. The lowest BCUT2D eigenvalue weighted by Gasteiger charge is -2.35. The van der Waals surface area contributed by atoms with Crippen LogP contribution in [0.2, 0.25) is 0 Å². The van der Waals surface area contributed by atoms with E-state index in [0.29, 0.717) is 0 Å². The summed E-state index contributed by atoms with van der Waals surface area (Å²) in [4.78, 5) is 31.2. The highest BCUT2D eigenvalue weighted by Gasteiger charge is 2.52. The summed E-state index contributed by atoms with van der Waals surface area (Å²) in [6.45, 7) is 7.39. The number of carboxylic acid groups (broad SMARTS) is 1. The first kappa shape index (κ1) is 21.0. The molecule has 29 heavy (non-hydrogen) atoms. The number of thiazole rings is 1. The van der Waals surface area contributed by atoms with Crippen LogP contribution in [-0.2, 0) is 4.79 Å². The van der Waals surface area contributed by atoms with Crippen LogP contribution in [0.5, 0.6) is 0 Å². The molecule has 0 aliphatic carbocycles. The Balaban J connectivity index is 1.79. The molecule has 154 valence electrons. The number of carbonyl (C=O) groups excluding carboxylic acids is 1. The van der Waals surface area contributed by atoms with Crippen molar-refractivity contribution in [3.63, 3.8) is 0 Å². The Hall–Kier alpha value is -2.71. The zero-order chi connectivity index (χ0) is 21.2. The van der Waals surface area contributed by atoms with Gasteiger partial charge in [0.25, 0.3) is 0 Å². The highest BCUT2D eigenvalue weighted by atomic mass is 32.1. The fraction of sp³-hybridized carbons (Fsp3) is 0.381. The van der Waals surface area contributed by atoms with Crippen LogP contribution in [0.1, 0.15) is 37.1 Å². The predicted octanol–water partition coefficient (Wildman–Crippen LogP) is 3.36. The molecule has 2 aromatic rings. The van der Waals surface area contributed by atoms with Gasteiger partial charge >= 0.3 is 6.09 Å². The summed E-state index contributed by atoms with van der Waals surface area (Å²) in [6, 6.07) is 7.53. The molecule has 1 saturated heterocycles. The zero-order valence-electron chi connectivity index (χ0n) is 16.5. The van der Waals surface area contributed by atoms with Gasteiger partial charge in [0.2, 0.25) is 5.91 Å². The number of aromatic nitrogens is 1. The molecule has 1 aromatic carbocycles. The van der Waals surface area contributed by atoms with Gasteiger partial charge in [-0.1, -0.05) is 30.3 Å². The minimum atomic E-state index is -1.35. The van der Waals surface area contributed by atoms with E-state index in [1.165, 1.54) is 6.08 Å². The Morgan fingerprint density at radius 2 is 2.14 bits per heavy atom. The lowest BCUT2D eigenvalue weighted by molar-refractivity contribution is -0.131. The monoisotopic (exact) mass is 415 g/mol. The molecule has 3 rings (SSSR count). The number of hydrogen-bond acceptors (Lipinski definition) is 5. The molecule has 0 radical (unpaired) electrons. The molecule has 0 spiro atoms. The van der Waals surface area contributed by atoms with Gasteiger partial charge in [-0.3, -0.25) is 9.69 Å². The summed E-state index contributed by atoms with van der Waals surface area (Å²) in [7, 11) is 0. The lowest BCUT2D eigenvalue weighted by atomic mass is 9.89. The quantitative estimate of drug-likeness (QED) is 0.628. The van der Waals surface area contributed by atoms with Crippen molar-refractivity contribution in [3.05, 3.63) is 53.7 Å². The second kappa shape index (κ2) is 8.34. The summed E-state index contributed by atoms with van der Waals surface area (Å²) in [5.74, 6) is -0.425. The number of rotatable bonds is 6. The number of aliphatic hydroxyl groups is 1. The first-order valence-corrected chi connectivity index (χ1v) is 10.3. The van der Waals surface area contributed by atoms with Gasteiger partial charge < -0.3 is 15.5 Å². The third kappa shape index (κ3) is 4.04. The minimum absolute atomic E-state index is 0.0491. The lowest BCUT2D eigenvalue weighted by Crippen LogP contribution is -2.57. The molecule has 7 nitrogen and oxygen atoms in total. The Kier molecular flexibility index (Phi) is 6.04. The Labute approximate surface area is 173 Å². The van der Waals surface area contributed by atoms with Gasteiger partial charge in [-0.2, -0.15) is 0 Å². The molecule has 1 fully saturated rings. The Morgan fingerprint density at radius 3 is 2.69 bits per heavy atom. The number of nitrogens with one attached hydrogen (secondary N) is 1. The van der Waals surface area contributed by atoms with Crippen molar-refractivity contribution < 1.29 is 19.8 Å². The average Bonchev–Trinajstić information content (AvgIpc) is 3.26. The third-order valence-corrected chi connectivity index (χ3v) is 6.36. The molecule has 3 atom stereocenters. The summed E-state index contributed by atoms with van der Waals surface area (Å²) < 4.78 is 0. The van der Waals surface area contributed by atoms with Crippen LogP contribution < -0.4 is 5.32 Å². The van der Waals surface area contributed by atoms with E-state index in [4.69, 9.17) is 0 Å².